The molecule has 0 saturated carbocycles. The van der Waals surface area contributed by atoms with Gasteiger partial charge in [0, 0.05) is 26.2 Å². The predicted octanol–water partition coefficient (Wildman–Crippen LogP) is 1.87. The maximum Gasteiger partial charge on any atom is 0.255 e. The quantitative estimate of drug-likeness (QED) is 0.709. The van der Waals surface area contributed by atoms with E-state index in [1.165, 1.54) is 30.3 Å². The molecular formula is C19H21FN2O4. The minimum absolute atomic E-state index is 0.0176. The van der Waals surface area contributed by atoms with Gasteiger partial charge in [0.05, 0.1) is 18.3 Å². The molecule has 1 atom stereocenters. The molecule has 0 bridgehead atoms. The van der Waals surface area contributed by atoms with E-state index in [1.54, 1.807) is 12.1 Å². The molecule has 7 heteroatoms. The molecule has 1 heterocycles. The predicted molar refractivity (Wildman–Crippen MR) is 93.5 cm³/mol. The van der Waals surface area contributed by atoms with Gasteiger partial charge in [-0.05, 0) is 35.9 Å². The molecule has 1 fully saturated rings. The second-order valence-electron chi connectivity index (χ2n) is 6.27. The summed E-state index contributed by atoms with van der Waals surface area (Å²) in [5.41, 5.74) is 1.03. The van der Waals surface area contributed by atoms with Crippen LogP contribution in [0.4, 0.5) is 4.39 Å². The number of nitrogens with one attached hydrogen (secondary N) is 1. The summed E-state index contributed by atoms with van der Waals surface area (Å²) in [5.74, 6) is -1.01. The van der Waals surface area contributed by atoms with Crippen LogP contribution in [-0.2, 0) is 11.3 Å². The Balaban J connectivity index is 1.52. The Morgan fingerprint density at radius 1 is 1.23 bits per heavy atom. The number of halogens is 1. The zero-order valence-corrected chi connectivity index (χ0v) is 14.2. The van der Waals surface area contributed by atoms with E-state index in [4.69, 9.17) is 4.74 Å². The lowest BCUT2D eigenvalue weighted by molar-refractivity contribution is -0.0292. The number of morpholine rings is 1. The topological polar surface area (TPSA) is 82.0 Å². The molecule has 3 N–H and O–H groups in total. The lowest BCUT2D eigenvalue weighted by Crippen LogP contribution is -2.47. The molecule has 1 unspecified atom stereocenters. The number of rotatable bonds is 5. The highest BCUT2D eigenvalue weighted by atomic mass is 19.1. The molecule has 1 saturated heterocycles. The van der Waals surface area contributed by atoms with Crippen LogP contribution in [0.2, 0.25) is 0 Å². The van der Waals surface area contributed by atoms with E-state index in [0.29, 0.717) is 19.7 Å². The summed E-state index contributed by atoms with van der Waals surface area (Å²) in [6.07, 6.45) is -0.187. The maximum atomic E-state index is 13.0. The second kappa shape index (κ2) is 8.16. The van der Waals surface area contributed by atoms with Gasteiger partial charge in [0.15, 0.2) is 0 Å². The molecule has 138 valence electrons. The molecule has 0 spiro atoms. The molecule has 6 nitrogen and oxygen atoms in total. The van der Waals surface area contributed by atoms with Crippen molar-refractivity contribution in [1.82, 2.24) is 10.2 Å². The Morgan fingerprint density at radius 2 is 2.00 bits per heavy atom. The lowest BCUT2D eigenvalue weighted by atomic mass is 10.1. The van der Waals surface area contributed by atoms with Crippen molar-refractivity contribution in [3.05, 3.63) is 59.4 Å². The van der Waals surface area contributed by atoms with Crippen molar-refractivity contribution in [2.45, 2.75) is 12.6 Å². The van der Waals surface area contributed by atoms with Crippen molar-refractivity contribution in [3.8, 4) is 11.5 Å². The van der Waals surface area contributed by atoms with Gasteiger partial charge in [-0.3, -0.25) is 9.69 Å². The third-order valence-corrected chi connectivity index (χ3v) is 4.26. The molecule has 0 aromatic heterocycles. The van der Waals surface area contributed by atoms with E-state index in [-0.39, 0.29) is 35.5 Å². The first-order chi connectivity index (χ1) is 12.5. The molecule has 0 radical (unpaired) electrons. The normalized spacial score (nSPS) is 17.8. The van der Waals surface area contributed by atoms with Gasteiger partial charge < -0.3 is 20.3 Å². The van der Waals surface area contributed by atoms with Crippen LogP contribution in [0.1, 0.15) is 15.9 Å². The first-order valence-corrected chi connectivity index (χ1v) is 8.40. The zero-order valence-electron chi connectivity index (χ0n) is 14.2. The average Bonchev–Trinajstić information content (AvgIpc) is 2.64. The molecule has 2 aromatic rings. The number of amides is 1. The standard InChI is InChI=1S/C19H21FN2O4/c20-14-3-1-13(2-4-14)11-22-7-8-26-16(12-22)10-21-19(25)17-9-15(23)5-6-18(17)24/h1-6,9,16,23-24H,7-8,10-12H2,(H,21,25). The fraction of sp³-hybridized carbons (Fsp3) is 0.316. The number of phenolic OH excluding ortho intramolecular Hbond substituents is 2. The van der Waals surface area contributed by atoms with Crippen molar-refractivity contribution in [2.75, 3.05) is 26.2 Å². The highest BCUT2D eigenvalue weighted by Gasteiger charge is 2.22. The summed E-state index contributed by atoms with van der Waals surface area (Å²) in [7, 11) is 0. The third kappa shape index (κ3) is 4.71. The summed E-state index contributed by atoms with van der Waals surface area (Å²) in [6, 6.07) is 10.2. The Hall–Kier alpha value is -2.64. The first kappa shape index (κ1) is 18.2. The third-order valence-electron chi connectivity index (χ3n) is 4.26. The SMILES string of the molecule is O=C(NCC1CN(Cc2ccc(F)cc2)CCO1)c1cc(O)ccc1O. The number of phenols is 2. The van der Waals surface area contributed by atoms with Crippen LogP contribution in [0, 0.1) is 5.82 Å². The largest absolute Gasteiger partial charge is 0.508 e. The number of aromatic hydroxyl groups is 2. The minimum atomic E-state index is -0.474. The van der Waals surface area contributed by atoms with E-state index in [9.17, 15) is 19.4 Å². The Labute approximate surface area is 150 Å². The fourth-order valence-electron chi connectivity index (χ4n) is 2.90. The molecule has 2 aromatic carbocycles. The summed E-state index contributed by atoms with van der Waals surface area (Å²) >= 11 is 0. The number of carbonyl (C=O) groups excluding carboxylic acids is 1. The van der Waals surface area contributed by atoms with Crippen LogP contribution in [0.3, 0.4) is 0 Å². The second-order valence-corrected chi connectivity index (χ2v) is 6.27. The molecule has 1 aliphatic rings. The highest BCUT2D eigenvalue weighted by Crippen LogP contribution is 2.21. The van der Waals surface area contributed by atoms with Crippen molar-refractivity contribution in [1.29, 1.82) is 0 Å². The van der Waals surface area contributed by atoms with E-state index in [2.05, 4.69) is 10.2 Å². The Bertz CT molecular complexity index is 767. The number of nitrogens with zero attached hydrogens (tertiary/aromatic N) is 1. The van der Waals surface area contributed by atoms with Crippen molar-refractivity contribution in [2.24, 2.45) is 0 Å². The maximum absolute atomic E-state index is 13.0. The summed E-state index contributed by atoms with van der Waals surface area (Å²) in [5, 5.41) is 21.9. The van der Waals surface area contributed by atoms with E-state index in [1.807, 2.05) is 0 Å². The van der Waals surface area contributed by atoms with Crippen molar-refractivity contribution < 1.29 is 24.1 Å². The van der Waals surface area contributed by atoms with Crippen molar-refractivity contribution >= 4 is 5.91 Å². The molecule has 26 heavy (non-hydrogen) atoms. The van der Waals surface area contributed by atoms with Gasteiger partial charge in [-0.15, -0.1) is 0 Å². The van der Waals surface area contributed by atoms with Gasteiger partial charge in [0.25, 0.3) is 5.91 Å². The van der Waals surface area contributed by atoms with E-state index >= 15 is 0 Å². The molecule has 1 aliphatic heterocycles. The van der Waals surface area contributed by atoms with Gasteiger partial charge >= 0.3 is 0 Å². The highest BCUT2D eigenvalue weighted by molar-refractivity contribution is 5.97. The average molecular weight is 360 g/mol. The molecule has 1 amide bonds. The first-order valence-electron chi connectivity index (χ1n) is 8.40. The number of hydrogen-bond acceptors (Lipinski definition) is 5. The summed E-state index contributed by atoms with van der Waals surface area (Å²) in [6.45, 7) is 2.90. The van der Waals surface area contributed by atoms with E-state index < -0.39 is 5.91 Å². The van der Waals surface area contributed by atoms with Crippen LogP contribution >= 0.6 is 0 Å². The summed E-state index contributed by atoms with van der Waals surface area (Å²) < 4.78 is 18.7. The van der Waals surface area contributed by atoms with Gasteiger partial charge in [-0.1, -0.05) is 12.1 Å². The van der Waals surface area contributed by atoms with Crippen LogP contribution < -0.4 is 5.32 Å². The number of benzene rings is 2. The Kier molecular flexibility index (Phi) is 5.70. The number of ether oxygens (including phenoxy) is 1. The monoisotopic (exact) mass is 360 g/mol. The molecule has 0 aliphatic carbocycles. The van der Waals surface area contributed by atoms with Crippen LogP contribution in [0.15, 0.2) is 42.5 Å². The lowest BCUT2D eigenvalue weighted by Gasteiger charge is -2.33. The number of carbonyl (C=O) groups is 1. The zero-order chi connectivity index (χ0) is 18.5. The van der Waals surface area contributed by atoms with Crippen LogP contribution in [0.25, 0.3) is 0 Å². The number of hydrogen-bond donors (Lipinski definition) is 3. The molecule has 3 rings (SSSR count). The van der Waals surface area contributed by atoms with E-state index in [0.717, 1.165) is 12.1 Å². The van der Waals surface area contributed by atoms with Crippen molar-refractivity contribution in [3.63, 3.8) is 0 Å². The fourth-order valence-corrected chi connectivity index (χ4v) is 2.90. The van der Waals surface area contributed by atoms with Gasteiger partial charge in [-0.25, -0.2) is 4.39 Å². The van der Waals surface area contributed by atoms with Gasteiger partial charge in [-0.2, -0.15) is 0 Å². The van der Waals surface area contributed by atoms with Gasteiger partial charge in [0.1, 0.15) is 17.3 Å². The van der Waals surface area contributed by atoms with Gasteiger partial charge in [0.2, 0.25) is 0 Å². The van der Waals surface area contributed by atoms with Crippen LogP contribution in [0.5, 0.6) is 11.5 Å². The smallest absolute Gasteiger partial charge is 0.255 e. The Morgan fingerprint density at radius 3 is 2.77 bits per heavy atom. The summed E-state index contributed by atoms with van der Waals surface area (Å²) in [4.78, 5) is 14.4. The minimum Gasteiger partial charge on any atom is -0.508 e. The van der Waals surface area contributed by atoms with Crippen LogP contribution in [-0.4, -0.2) is 53.4 Å². The molecular weight excluding hydrogens is 339 g/mol.